The van der Waals surface area contributed by atoms with Crippen molar-refractivity contribution in [1.82, 2.24) is 15.3 Å². The Morgan fingerprint density at radius 2 is 1.72 bits per heavy atom. The first-order valence-electron chi connectivity index (χ1n) is 8.05. The van der Waals surface area contributed by atoms with E-state index in [1.807, 2.05) is 0 Å². The lowest BCUT2D eigenvalue weighted by molar-refractivity contribution is 0.0600. The number of nitrogens with one attached hydrogen (secondary N) is 2. The van der Waals surface area contributed by atoms with E-state index in [1.54, 1.807) is 24.3 Å². The number of amides is 1. The monoisotopic (exact) mass is 342 g/mol. The van der Waals surface area contributed by atoms with Crippen LogP contribution in [0.2, 0.25) is 0 Å². The molecule has 0 bridgehead atoms. The molecular weight excluding hydrogens is 320 g/mol. The molecule has 1 aromatic carbocycles. The lowest BCUT2D eigenvalue weighted by Crippen LogP contribution is -2.25. The third-order valence-electron chi connectivity index (χ3n) is 3.48. The molecule has 0 radical (unpaired) electrons. The van der Waals surface area contributed by atoms with Crippen LogP contribution in [0.25, 0.3) is 0 Å². The molecule has 1 heterocycles. The van der Waals surface area contributed by atoms with E-state index >= 15 is 0 Å². The number of aromatic nitrogens is 2. The van der Waals surface area contributed by atoms with Crippen molar-refractivity contribution >= 4 is 23.5 Å². The molecule has 0 spiro atoms. The molecule has 1 amide bonds. The van der Waals surface area contributed by atoms with Crippen molar-refractivity contribution in [3.8, 4) is 0 Å². The van der Waals surface area contributed by atoms with Crippen molar-refractivity contribution in [2.45, 2.75) is 20.3 Å². The number of ether oxygens (including phenoxy) is 1. The summed E-state index contributed by atoms with van der Waals surface area (Å²) in [6.45, 7) is 4.84. The predicted octanol–water partition coefficient (Wildman–Crippen LogP) is 2.78. The maximum atomic E-state index is 12.0. The molecule has 0 atom stereocenters. The number of carbonyl (C=O) groups is 2. The van der Waals surface area contributed by atoms with E-state index in [2.05, 4.69) is 39.2 Å². The average molecular weight is 342 g/mol. The van der Waals surface area contributed by atoms with Gasteiger partial charge in [-0.2, -0.15) is 0 Å². The van der Waals surface area contributed by atoms with Gasteiger partial charge in [0, 0.05) is 24.6 Å². The summed E-state index contributed by atoms with van der Waals surface area (Å²) in [5.74, 6) is 0.323. The molecule has 2 aromatic rings. The van der Waals surface area contributed by atoms with Crippen LogP contribution in [0, 0.1) is 5.92 Å². The second-order valence-corrected chi connectivity index (χ2v) is 5.93. The van der Waals surface area contributed by atoms with Crippen LogP contribution in [-0.4, -0.2) is 35.5 Å². The summed E-state index contributed by atoms with van der Waals surface area (Å²) in [5.41, 5.74) is 1.60. The van der Waals surface area contributed by atoms with Gasteiger partial charge in [-0.25, -0.2) is 14.8 Å². The van der Waals surface area contributed by atoms with Gasteiger partial charge in [0.1, 0.15) is 0 Å². The van der Waals surface area contributed by atoms with Crippen molar-refractivity contribution < 1.29 is 14.3 Å². The third-order valence-corrected chi connectivity index (χ3v) is 3.48. The minimum atomic E-state index is -0.393. The molecule has 0 aliphatic heterocycles. The largest absolute Gasteiger partial charge is 0.465 e. The number of methoxy groups -OCH3 is 1. The Morgan fingerprint density at radius 1 is 1.08 bits per heavy atom. The minimum Gasteiger partial charge on any atom is -0.465 e. The molecule has 0 saturated carbocycles. The van der Waals surface area contributed by atoms with Crippen LogP contribution in [-0.2, 0) is 4.74 Å². The van der Waals surface area contributed by atoms with Gasteiger partial charge in [0.25, 0.3) is 5.91 Å². The van der Waals surface area contributed by atoms with E-state index in [-0.39, 0.29) is 5.91 Å². The maximum absolute atomic E-state index is 12.0. The van der Waals surface area contributed by atoms with Crippen LogP contribution in [0.3, 0.4) is 0 Å². The first-order chi connectivity index (χ1) is 12.0. The molecule has 2 rings (SSSR count). The number of esters is 1. The summed E-state index contributed by atoms with van der Waals surface area (Å²) in [6, 6.07) is 6.74. The zero-order chi connectivity index (χ0) is 18.2. The molecule has 7 heteroatoms. The number of hydrogen-bond acceptors (Lipinski definition) is 6. The fourth-order valence-electron chi connectivity index (χ4n) is 2.02. The van der Waals surface area contributed by atoms with Gasteiger partial charge < -0.3 is 15.4 Å². The quantitative estimate of drug-likeness (QED) is 0.752. The van der Waals surface area contributed by atoms with Gasteiger partial charge in [-0.1, -0.05) is 13.8 Å². The topological polar surface area (TPSA) is 93.2 Å². The Bertz CT molecular complexity index is 712. The van der Waals surface area contributed by atoms with E-state index in [0.29, 0.717) is 29.5 Å². The molecule has 2 N–H and O–H groups in total. The van der Waals surface area contributed by atoms with Gasteiger partial charge in [-0.05, 0) is 36.6 Å². The lowest BCUT2D eigenvalue weighted by Gasteiger charge is -2.08. The summed E-state index contributed by atoms with van der Waals surface area (Å²) in [5, 5.41) is 5.84. The number of carbonyl (C=O) groups excluding carboxylic acids is 2. The Labute approximate surface area is 146 Å². The van der Waals surface area contributed by atoms with Crippen LogP contribution in [0.15, 0.2) is 36.7 Å². The maximum Gasteiger partial charge on any atom is 0.337 e. The molecule has 0 unspecified atom stereocenters. The summed E-state index contributed by atoms with van der Waals surface area (Å²) < 4.78 is 4.65. The van der Waals surface area contributed by atoms with Crippen LogP contribution in [0.1, 0.15) is 41.0 Å². The second kappa shape index (κ2) is 8.77. The SMILES string of the molecule is COC(=O)c1ccc(Nc2ncc(C(=O)NCCC(C)C)cn2)cc1. The number of nitrogens with zero attached hydrogens (tertiary/aromatic N) is 2. The summed E-state index contributed by atoms with van der Waals surface area (Å²) in [6.07, 6.45) is 3.87. The molecule has 0 fully saturated rings. The zero-order valence-electron chi connectivity index (χ0n) is 14.6. The van der Waals surface area contributed by atoms with Crippen molar-refractivity contribution in [3.05, 3.63) is 47.8 Å². The smallest absolute Gasteiger partial charge is 0.337 e. The fraction of sp³-hybridized carbons (Fsp3) is 0.333. The Kier molecular flexibility index (Phi) is 6.45. The summed E-state index contributed by atoms with van der Waals surface area (Å²) >= 11 is 0. The zero-order valence-corrected chi connectivity index (χ0v) is 14.6. The lowest BCUT2D eigenvalue weighted by atomic mass is 10.1. The van der Waals surface area contributed by atoms with Crippen LogP contribution in [0.4, 0.5) is 11.6 Å². The van der Waals surface area contributed by atoms with Gasteiger partial charge in [0.15, 0.2) is 0 Å². The van der Waals surface area contributed by atoms with E-state index in [4.69, 9.17) is 0 Å². The van der Waals surface area contributed by atoms with Crippen LogP contribution < -0.4 is 10.6 Å². The second-order valence-electron chi connectivity index (χ2n) is 5.93. The summed E-state index contributed by atoms with van der Waals surface area (Å²) in [7, 11) is 1.34. The van der Waals surface area contributed by atoms with Crippen LogP contribution in [0.5, 0.6) is 0 Å². The van der Waals surface area contributed by atoms with Crippen molar-refractivity contribution in [1.29, 1.82) is 0 Å². The van der Waals surface area contributed by atoms with Gasteiger partial charge in [0.05, 0.1) is 18.2 Å². The summed E-state index contributed by atoms with van der Waals surface area (Å²) in [4.78, 5) is 31.6. The van der Waals surface area contributed by atoms with Gasteiger partial charge in [-0.3, -0.25) is 4.79 Å². The highest BCUT2D eigenvalue weighted by molar-refractivity contribution is 5.93. The number of rotatable bonds is 7. The molecule has 1 aromatic heterocycles. The minimum absolute atomic E-state index is 0.186. The predicted molar refractivity (Wildman–Crippen MR) is 94.9 cm³/mol. The highest BCUT2D eigenvalue weighted by Crippen LogP contribution is 2.14. The van der Waals surface area contributed by atoms with Crippen molar-refractivity contribution in [3.63, 3.8) is 0 Å². The molecule has 25 heavy (non-hydrogen) atoms. The number of anilines is 2. The van der Waals surface area contributed by atoms with E-state index in [1.165, 1.54) is 19.5 Å². The van der Waals surface area contributed by atoms with Crippen LogP contribution >= 0.6 is 0 Å². The standard InChI is InChI=1S/C18H22N4O3/c1-12(2)8-9-19-16(23)14-10-20-18(21-11-14)22-15-6-4-13(5-7-15)17(24)25-3/h4-7,10-12H,8-9H2,1-3H3,(H,19,23)(H,20,21,22). The molecule has 0 saturated heterocycles. The highest BCUT2D eigenvalue weighted by atomic mass is 16.5. The van der Waals surface area contributed by atoms with E-state index in [0.717, 1.165) is 12.1 Å². The Balaban J connectivity index is 1.93. The Hall–Kier alpha value is -2.96. The number of benzene rings is 1. The average Bonchev–Trinajstić information content (AvgIpc) is 2.62. The van der Waals surface area contributed by atoms with Crippen molar-refractivity contribution in [2.75, 3.05) is 19.0 Å². The first-order valence-corrected chi connectivity index (χ1v) is 8.05. The van der Waals surface area contributed by atoms with E-state index < -0.39 is 5.97 Å². The third kappa shape index (κ3) is 5.56. The molecular formula is C18H22N4O3. The highest BCUT2D eigenvalue weighted by Gasteiger charge is 2.08. The number of hydrogen-bond donors (Lipinski definition) is 2. The van der Waals surface area contributed by atoms with Gasteiger partial charge >= 0.3 is 5.97 Å². The molecule has 7 nitrogen and oxygen atoms in total. The molecule has 132 valence electrons. The van der Waals surface area contributed by atoms with E-state index in [9.17, 15) is 9.59 Å². The molecule has 0 aliphatic rings. The van der Waals surface area contributed by atoms with Gasteiger partial charge in [0.2, 0.25) is 5.95 Å². The van der Waals surface area contributed by atoms with Crippen molar-refractivity contribution in [2.24, 2.45) is 5.92 Å². The first kappa shape index (κ1) is 18.4. The normalized spacial score (nSPS) is 10.4. The fourth-order valence-corrected chi connectivity index (χ4v) is 2.02. The Morgan fingerprint density at radius 3 is 2.28 bits per heavy atom. The van der Waals surface area contributed by atoms with Gasteiger partial charge in [-0.15, -0.1) is 0 Å². The molecule has 0 aliphatic carbocycles.